The van der Waals surface area contributed by atoms with Crippen LogP contribution in [-0.4, -0.2) is 17.4 Å². The highest BCUT2D eigenvalue weighted by Crippen LogP contribution is 2.45. The van der Waals surface area contributed by atoms with Crippen molar-refractivity contribution < 1.29 is 5.11 Å². The zero-order chi connectivity index (χ0) is 19.6. The molecule has 0 spiro atoms. The average Bonchev–Trinajstić information content (AvgIpc) is 2.61. The van der Waals surface area contributed by atoms with Gasteiger partial charge < -0.3 is 5.11 Å². The third-order valence-corrected chi connectivity index (χ3v) is 7.35. The molecule has 0 amide bonds. The number of nitrogens with zero attached hydrogens (tertiary/aromatic N) is 1. The highest BCUT2D eigenvalue weighted by Gasteiger charge is 2.31. The number of phenolic OH excluding ortho intramolecular Hbond substituents is 1. The van der Waals surface area contributed by atoms with Gasteiger partial charge in [-0.25, -0.2) is 0 Å². The minimum atomic E-state index is 0.411. The molecule has 2 unspecified atom stereocenters. The lowest BCUT2D eigenvalue weighted by Gasteiger charge is -2.36. The maximum atomic E-state index is 11.0. The number of para-hydroxylation sites is 1. The molecular weight excluding hydrogens is 330 g/mol. The Hall–Kier alpha value is -1.31. The summed E-state index contributed by atoms with van der Waals surface area (Å²) in [5, 5.41) is 11.0. The van der Waals surface area contributed by atoms with Gasteiger partial charge in [0.2, 0.25) is 0 Å². The van der Waals surface area contributed by atoms with Crippen molar-refractivity contribution in [3.8, 4) is 5.75 Å². The summed E-state index contributed by atoms with van der Waals surface area (Å²) in [5.74, 6) is 3.03. The first-order valence-electron chi connectivity index (χ1n) is 11.1. The number of rotatable bonds is 3. The van der Waals surface area contributed by atoms with Gasteiger partial charge in [0.25, 0.3) is 0 Å². The number of phenols is 1. The van der Waals surface area contributed by atoms with Crippen molar-refractivity contribution in [2.75, 3.05) is 0 Å². The van der Waals surface area contributed by atoms with Crippen molar-refractivity contribution in [1.29, 1.82) is 0 Å². The van der Waals surface area contributed by atoms with E-state index in [1.807, 2.05) is 12.3 Å². The summed E-state index contributed by atoms with van der Waals surface area (Å²) in [4.78, 5) is 4.87. The Labute approximate surface area is 166 Å². The number of benzene rings is 1. The molecule has 0 saturated heterocycles. The fourth-order valence-corrected chi connectivity index (χ4v) is 5.52. The quantitative estimate of drug-likeness (QED) is 0.574. The third-order valence-electron chi connectivity index (χ3n) is 7.35. The Kier molecular flexibility index (Phi) is 6.33. The molecule has 27 heavy (non-hydrogen) atoms. The van der Waals surface area contributed by atoms with Gasteiger partial charge in [0.05, 0.1) is 0 Å². The highest BCUT2D eigenvalue weighted by atomic mass is 16.3. The summed E-state index contributed by atoms with van der Waals surface area (Å²) in [6, 6.07) is 6.66. The van der Waals surface area contributed by atoms with Crippen molar-refractivity contribution in [3.05, 3.63) is 29.3 Å². The molecule has 0 heterocycles. The fraction of sp³-hybridized carbons (Fsp3) is 0.720. The first kappa shape index (κ1) is 20.4. The molecule has 2 nitrogen and oxygen atoms in total. The van der Waals surface area contributed by atoms with Gasteiger partial charge in [-0.2, -0.15) is 0 Å². The molecule has 150 valence electrons. The Morgan fingerprint density at radius 1 is 0.963 bits per heavy atom. The fourth-order valence-electron chi connectivity index (χ4n) is 5.52. The van der Waals surface area contributed by atoms with Crippen LogP contribution < -0.4 is 0 Å². The molecule has 0 bridgehead atoms. The maximum absolute atomic E-state index is 11.0. The summed E-state index contributed by atoms with van der Waals surface area (Å²) in [6.07, 6.45) is 10.7. The van der Waals surface area contributed by atoms with Crippen LogP contribution >= 0.6 is 0 Å². The second-order valence-electron chi connectivity index (χ2n) is 10.3. The lowest BCUT2D eigenvalue weighted by Crippen LogP contribution is -2.27. The zero-order valence-electron chi connectivity index (χ0n) is 18.0. The van der Waals surface area contributed by atoms with Gasteiger partial charge in [-0.15, -0.1) is 0 Å². The van der Waals surface area contributed by atoms with Gasteiger partial charge in [-0.05, 0) is 66.4 Å². The smallest absolute Gasteiger partial charge is 0.127 e. The van der Waals surface area contributed by atoms with Crippen LogP contribution in [0.3, 0.4) is 0 Å². The van der Waals surface area contributed by atoms with Crippen LogP contribution in [-0.2, 0) is 0 Å². The van der Waals surface area contributed by atoms with E-state index in [9.17, 15) is 5.11 Å². The first-order valence-corrected chi connectivity index (χ1v) is 11.1. The van der Waals surface area contributed by atoms with Crippen molar-refractivity contribution >= 4 is 6.21 Å². The molecule has 1 aromatic carbocycles. The molecule has 0 radical (unpaired) electrons. The van der Waals surface area contributed by atoms with Crippen molar-refractivity contribution in [2.45, 2.75) is 91.5 Å². The Bertz CT molecular complexity index is 639. The summed E-state index contributed by atoms with van der Waals surface area (Å²) in [6.45, 7) is 11.8. The minimum Gasteiger partial charge on any atom is -0.507 e. The minimum absolute atomic E-state index is 0.411. The van der Waals surface area contributed by atoms with Crippen molar-refractivity contribution in [2.24, 2.45) is 28.2 Å². The Balaban J connectivity index is 1.70. The summed E-state index contributed by atoms with van der Waals surface area (Å²) >= 11 is 0. The molecule has 1 aromatic rings. The zero-order valence-corrected chi connectivity index (χ0v) is 18.0. The Morgan fingerprint density at radius 2 is 1.59 bits per heavy atom. The van der Waals surface area contributed by atoms with Crippen molar-refractivity contribution in [3.63, 3.8) is 0 Å². The molecule has 2 atom stereocenters. The molecular formula is C25H39NO. The molecule has 0 aliphatic heterocycles. The van der Waals surface area contributed by atoms with Gasteiger partial charge in [-0.3, -0.25) is 4.99 Å². The van der Waals surface area contributed by atoms with E-state index in [4.69, 9.17) is 4.99 Å². The molecule has 2 aliphatic carbocycles. The second-order valence-corrected chi connectivity index (χ2v) is 10.3. The van der Waals surface area contributed by atoms with Crippen LogP contribution in [0.4, 0.5) is 0 Å². The van der Waals surface area contributed by atoms with E-state index in [0.717, 1.165) is 17.0 Å². The van der Waals surface area contributed by atoms with Crippen LogP contribution in [0.15, 0.2) is 23.2 Å². The van der Waals surface area contributed by atoms with Crippen molar-refractivity contribution in [1.82, 2.24) is 0 Å². The van der Waals surface area contributed by atoms with Crippen LogP contribution in [0.1, 0.15) is 96.6 Å². The van der Waals surface area contributed by atoms with Gasteiger partial charge in [0.1, 0.15) is 5.75 Å². The van der Waals surface area contributed by atoms with E-state index >= 15 is 0 Å². The maximum Gasteiger partial charge on any atom is 0.127 e. The van der Waals surface area contributed by atoms with Gasteiger partial charge in [0.15, 0.2) is 0 Å². The topological polar surface area (TPSA) is 32.6 Å². The summed E-state index contributed by atoms with van der Waals surface area (Å²) in [5.41, 5.74) is 2.44. The van der Waals surface area contributed by atoms with Crippen LogP contribution in [0.2, 0.25) is 0 Å². The average molecular weight is 370 g/mol. The SMILES string of the molecule is CC1CCCC(C)C1c1cccc(C=NC2CCC(C(C)(C)C)CC2)c1O. The van der Waals surface area contributed by atoms with Gasteiger partial charge in [0, 0.05) is 17.8 Å². The van der Waals surface area contributed by atoms with Crippen LogP contribution in [0.5, 0.6) is 5.75 Å². The standard InChI is InChI=1S/C25H39NO/c1-17-8-6-9-18(2)23(17)22-11-7-10-19(24(22)27)16-26-21-14-12-20(13-15-21)25(3,4)5/h7,10-11,16-18,20-21,23,27H,6,8-9,12-15H2,1-5H3. The number of hydrogen-bond acceptors (Lipinski definition) is 2. The molecule has 2 heteroatoms. The van der Waals surface area contributed by atoms with E-state index in [1.54, 1.807) is 0 Å². The van der Waals surface area contributed by atoms with E-state index in [2.05, 4.69) is 46.8 Å². The normalized spacial score (nSPS) is 32.7. The number of hydrogen-bond donors (Lipinski definition) is 1. The summed E-state index contributed by atoms with van der Waals surface area (Å²) in [7, 11) is 0. The Morgan fingerprint density at radius 3 is 2.19 bits per heavy atom. The van der Waals surface area contributed by atoms with E-state index in [0.29, 0.717) is 35.0 Å². The predicted molar refractivity (Wildman–Crippen MR) is 116 cm³/mol. The molecule has 2 fully saturated rings. The molecule has 1 N–H and O–H groups in total. The largest absolute Gasteiger partial charge is 0.507 e. The monoisotopic (exact) mass is 369 g/mol. The molecule has 2 saturated carbocycles. The number of aliphatic imine (C=N–C) groups is 1. The van der Waals surface area contributed by atoms with E-state index < -0.39 is 0 Å². The van der Waals surface area contributed by atoms with Gasteiger partial charge in [-0.1, -0.05) is 66.0 Å². The van der Waals surface area contributed by atoms with Crippen LogP contribution in [0, 0.1) is 23.2 Å². The first-order chi connectivity index (χ1) is 12.8. The van der Waals surface area contributed by atoms with Crippen LogP contribution in [0.25, 0.3) is 0 Å². The molecule has 3 rings (SSSR count). The third kappa shape index (κ3) is 4.76. The molecule has 0 aromatic heterocycles. The van der Waals surface area contributed by atoms with E-state index in [1.165, 1.54) is 44.9 Å². The second kappa shape index (κ2) is 8.37. The molecule has 2 aliphatic rings. The number of aromatic hydroxyl groups is 1. The predicted octanol–water partition coefficient (Wildman–Crippen LogP) is 6.96. The van der Waals surface area contributed by atoms with E-state index in [-0.39, 0.29) is 0 Å². The van der Waals surface area contributed by atoms with Gasteiger partial charge >= 0.3 is 0 Å². The summed E-state index contributed by atoms with van der Waals surface area (Å²) < 4.78 is 0. The lowest BCUT2D eigenvalue weighted by molar-refractivity contribution is 0.170. The lowest BCUT2D eigenvalue weighted by atomic mass is 9.70. The highest BCUT2D eigenvalue weighted by molar-refractivity contribution is 5.84.